The van der Waals surface area contributed by atoms with E-state index < -0.39 is 36.6 Å². The lowest BCUT2D eigenvalue weighted by Gasteiger charge is -2.41. The van der Waals surface area contributed by atoms with Gasteiger partial charge in [0.05, 0.1) is 11.3 Å². The second kappa shape index (κ2) is 10.1. The Morgan fingerprint density at radius 2 is 1.77 bits per heavy atom. The van der Waals surface area contributed by atoms with Crippen molar-refractivity contribution in [3.8, 4) is 0 Å². The molecule has 8 nitrogen and oxygen atoms in total. The maximum atomic E-state index is 14.8. The van der Waals surface area contributed by atoms with Gasteiger partial charge < -0.3 is 5.32 Å². The molecule has 0 spiro atoms. The summed E-state index contributed by atoms with van der Waals surface area (Å²) in [5, 5.41) is 19.8. The second-order valence-corrected chi connectivity index (χ2v) is 10.0. The molecule has 1 aliphatic heterocycles. The minimum atomic E-state index is -4.90. The Bertz CT molecular complexity index is 1340. The van der Waals surface area contributed by atoms with Gasteiger partial charge in [0.1, 0.15) is 0 Å². The van der Waals surface area contributed by atoms with E-state index in [1.54, 1.807) is 16.9 Å². The number of amides is 1. The molecule has 5 rings (SSSR count). The number of alkyl halides is 6. The Hall–Kier alpha value is -3.71. The minimum Gasteiger partial charge on any atom is -0.334 e. The number of aryl methyl sites for hydroxylation is 1. The first-order chi connectivity index (χ1) is 18.5. The van der Waals surface area contributed by atoms with Crippen LogP contribution in [0.1, 0.15) is 61.2 Å². The fraction of sp³-hybridized carbons (Fsp3) is 0.480. The summed E-state index contributed by atoms with van der Waals surface area (Å²) in [4.78, 5) is 13.3. The van der Waals surface area contributed by atoms with Gasteiger partial charge in [-0.25, -0.2) is 5.10 Å². The van der Waals surface area contributed by atoms with Crippen molar-refractivity contribution < 1.29 is 31.1 Å². The highest BCUT2D eigenvalue weighted by molar-refractivity contribution is 6.27. The Morgan fingerprint density at radius 3 is 2.38 bits per heavy atom. The summed E-state index contributed by atoms with van der Waals surface area (Å²) in [7, 11) is 0. The highest BCUT2D eigenvalue weighted by Gasteiger charge is 2.60. The molecule has 1 fully saturated rings. The van der Waals surface area contributed by atoms with E-state index in [0.29, 0.717) is 18.0 Å². The number of hydrogen-bond donors (Lipinski definition) is 2. The van der Waals surface area contributed by atoms with Crippen LogP contribution in [-0.2, 0) is 23.3 Å². The van der Waals surface area contributed by atoms with Crippen molar-refractivity contribution in [2.75, 3.05) is 0 Å². The quantitative estimate of drug-likeness (QED) is 0.288. The molecular weight excluding hydrogens is 528 g/mol. The summed E-state index contributed by atoms with van der Waals surface area (Å²) < 4.78 is 83.4. The lowest BCUT2D eigenvalue weighted by molar-refractivity contribution is -0.201. The summed E-state index contributed by atoms with van der Waals surface area (Å²) in [6, 6.07) is 7.00. The fourth-order valence-electron chi connectivity index (χ4n) is 4.83. The Labute approximate surface area is 218 Å². The number of tetrazole rings is 1. The molecule has 1 unspecified atom stereocenters. The summed E-state index contributed by atoms with van der Waals surface area (Å²) in [6.07, 6.45) is -6.48. The van der Waals surface area contributed by atoms with Crippen LogP contribution in [0.3, 0.4) is 0 Å². The zero-order valence-corrected chi connectivity index (χ0v) is 20.6. The number of aromatic nitrogens is 6. The third kappa shape index (κ3) is 5.83. The van der Waals surface area contributed by atoms with Crippen LogP contribution in [0.5, 0.6) is 0 Å². The Kier molecular flexibility index (Phi) is 6.97. The van der Waals surface area contributed by atoms with Crippen LogP contribution in [0, 0.1) is 5.92 Å². The molecule has 1 atom stereocenters. The maximum Gasteiger partial charge on any atom is 0.416 e. The first-order valence-corrected chi connectivity index (χ1v) is 12.5. The average molecular weight is 554 g/mol. The summed E-state index contributed by atoms with van der Waals surface area (Å²) >= 11 is 0. The van der Waals surface area contributed by atoms with Crippen LogP contribution in [0.2, 0.25) is 0 Å². The molecule has 0 saturated heterocycles. The standard InChI is InChI=1S/C25H25F6N7O/c26-24(27,28)11-2-1-3-15-6-8-17(9-7-15)23(25(29,30)31)13-18(19-10-12-38(35-19)14-16-4-5-16)20(22(39)32-23)21-33-36-37-34-21/h6-10,12,16H,1-5,11,13-14H2,(H,32,39)(H,33,34,36,37). The first kappa shape index (κ1) is 26.9. The van der Waals surface area contributed by atoms with Crippen molar-refractivity contribution in [2.24, 2.45) is 5.92 Å². The molecule has 39 heavy (non-hydrogen) atoms. The lowest BCUT2D eigenvalue weighted by atomic mass is 9.77. The van der Waals surface area contributed by atoms with Crippen molar-refractivity contribution in [3.63, 3.8) is 0 Å². The molecule has 14 heteroatoms. The molecular formula is C25H25F6N7O. The van der Waals surface area contributed by atoms with Gasteiger partial charge in [0, 0.05) is 25.6 Å². The van der Waals surface area contributed by atoms with Gasteiger partial charge in [-0.1, -0.05) is 24.3 Å². The molecule has 1 aromatic carbocycles. The summed E-state index contributed by atoms with van der Waals surface area (Å²) in [5.41, 5.74) is -2.24. The smallest absolute Gasteiger partial charge is 0.334 e. The van der Waals surface area contributed by atoms with Crippen molar-refractivity contribution in [2.45, 2.75) is 69.4 Å². The number of unbranched alkanes of at least 4 members (excludes halogenated alkanes) is 1. The third-order valence-corrected chi connectivity index (χ3v) is 7.08. The molecule has 0 radical (unpaired) electrons. The molecule has 1 aliphatic carbocycles. The van der Waals surface area contributed by atoms with E-state index in [1.807, 2.05) is 0 Å². The number of H-pyrrole nitrogens is 1. The second-order valence-electron chi connectivity index (χ2n) is 10.0. The highest BCUT2D eigenvalue weighted by Crippen LogP contribution is 2.49. The molecule has 1 amide bonds. The molecule has 3 aromatic rings. The van der Waals surface area contributed by atoms with Crippen molar-refractivity contribution >= 4 is 17.1 Å². The molecule has 3 heterocycles. The topological polar surface area (TPSA) is 101 Å². The van der Waals surface area contributed by atoms with Gasteiger partial charge in [-0.05, 0) is 71.2 Å². The number of carbonyl (C=O) groups excluding carboxylic acids is 1. The third-order valence-electron chi connectivity index (χ3n) is 7.08. The van der Waals surface area contributed by atoms with Gasteiger partial charge in [-0.2, -0.15) is 31.4 Å². The number of carbonyl (C=O) groups is 1. The predicted octanol–water partition coefficient (Wildman–Crippen LogP) is 4.97. The van der Waals surface area contributed by atoms with Gasteiger partial charge in [-0.15, -0.1) is 5.10 Å². The average Bonchev–Trinajstić information content (AvgIpc) is 3.30. The zero-order chi connectivity index (χ0) is 27.8. The molecule has 0 bridgehead atoms. The number of hydrogen-bond acceptors (Lipinski definition) is 5. The maximum absolute atomic E-state index is 14.8. The number of halogens is 6. The molecule has 1 saturated carbocycles. The van der Waals surface area contributed by atoms with Crippen molar-refractivity contribution in [1.29, 1.82) is 0 Å². The largest absolute Gasteiger partial charge is 0.416 e. The van der Waals surface area contributed by atoms with E-state index in [1.165, 1.54) is 24.3 Å². The first-order valence-electron chi connectivity index (χ1n) is 12.5. The lowest BCUT2D eigenvalue weighted by Crippen LogP contribution is -2.58. The molecule has 2 aliphatic rings. The normalized spacial score (nSPS) is 20.4. The van der Waals surface area contributed by atoms with Crippen LogP contribution in [0.15, 0.2) is 36.5 Å². The van der Waals surface area contributed by atoms with E-state index in [4.69, 9.17) is 0 Å². The van der Waals surface area contributed by atoms with E-state index in [0.717, 1.165) is 12.8 Å². The highest BCUT2D eigenvalue weighted by atomic mass is 19.4. The minimum absolute atomic E-state index is 0.0420. The van der Waals surface area contributed by atoms with Gasteiger partial charge >= 0.3 is 12.4 Å². The number of aromatic amines is 1. The molecule has 2 N–H and O–H groups in total. The van der Waals surface area contributed by atoms with Crippen LogP contribution in [0.25, 0.3) is 11.1 Å². The van der Waals surface area contributed by atoms with E-state index >= 15 is 0 Å². The monoisotopic (exact) mass is 553 g/mol. The van der Waals surface area contributed by atoms with Gasteiger partial charge in [-0.3, -0.25) is 9.48 Å². The van der Waals surface area contributed by atoms with E-state index in [9.17, 15) is 31.1 Å². The van der Waals surface area contributed by atoms with Gasteiger partial charge in [0.2, 0.25) is 0 Å². The Balaban J connectivity index is 1.48. The number of nitrogens with zero attached hydrogens (tertiary/aromatic N) is 5. The molecule has 208 valence electrons. The Morgan fingerprint density at radius 1 is 1.03 bits per heavy atom. The fourth-order valence-corrected chi connectivity index (χ4v) is 4.83. The van der Waals surface area contributed by atoms with Crippen LogP contribution >= 0.6 is 0 Å². The summed E-state index contributed by atoms with van der Waals surface area (Å²) in [6.45, 7) is 0.632. The number of nitrogens with one attached hydrogen (secondary N) is 2. The van der Waals surface area contributed by atoms with Crippen LogP contribution < -0.4 is 5.32 Å². The molecule has 2 aromatic heterocycles. The van der Waals surface area contributed by atoms with Crippen molar-refractivity contribution in [1.82, 2.24) is 35.7 Å². The number of benzene rings is 1. The SMILES string of the molecule is O=C1NC(c2ccc(CCCCC(F)(F)F)cc2)(C(F)(F)F)CC(c2ccn(CC3CC3)n2)=C1c1nnn[nH]1. The van der Waals surface area contributed by atoms with Gasteiger partial charge in [0.15, 0.2) is 11.4 Å². The van der Waals surface area contributed by atoms with Crippen LogP contribution in [-0.4, -0.2) is 48.7 Å². The van der Waals surface area contributed by atoms with E-state index in [2.05, 4.69) is 31.0 Å². The number of rotatable bonds is 9. The zero-order valence-electron chi connectivity index (χ0n) is 20.6. The van der Waals surface area contributed by atoms with Crippen molar-refractivity contribution in [3.05, 3.63) is 59.2 Å². The van der Waals surface area contributed by atoms with Gasteiger partial charge in [0.25, 0.3) is 5.91 Å². The van der Waals surface area contributed by atoms with E-state index in [-0.39, 0.29) is 47.5 Å². The van der Waals surface area contributed by atoms with Crippen LogP contribution in [0.4, 0.5) is 26.3 Å². The predicted molar refractivity (Wildman–Crippen MR) is 126 cm³/mol. The summed E-state index contributed by atoms with van der Waals surface area (Å²) in [5.74, 6) is -0.620.